The summed E-state index contributed by atoms with van der Waals surface area (Å²) >= 11 is 0. The smallest absolute Gasteiger partial charge is 0.225 e. The van der Waals surface area contributed by atoms with Crippen molar-refractivity contribution in [2.75, 3.05) is 59.5 Å². The van der Waals surface area contributed by atoms with E-state index in [1.54, 1.807) is 7.11 Å². The quantitative estimate of drug-likeness (QED) is 0.826. The number of methoxy groups -OCH3 is 1. The van der Waals surface area contributed by atoms with E-state index in [1.165, 1.54) is 0 Å². The highest BCUT2D eigenvalue weighted by atomic mass is 35.5. The maximum Gasteiger partial charge on any atom is 0.225 e. The van der Waals surface area contributed by atoms with Crippen molar-refractivity contribution >= 4 is 18.3 Å². The van der Waals surface area contributed by atoms with Gasteiger partial charge in [0.15, 0.2) is 0 Å². The van der Waals surface area contributed by atoms with Crippen LogP contribution in [0.5, 0.6) is 0 Å². The highest BCUT2D eigenvalue weighted by Gasteiger charge is 2.27. The Kier molecular flexibility index (Phi) is 8.45. The van der Waals surface area contributed by atoms with Crippen LogP contribution in [0.4, 0.5) is 0 Å². The number of piperidine rings is 1. The van der Waals surface area contributed by atoms with Crippen LogP contribution < -0.4 is 5.32 Å². The second kappa shape index (κ2) is 9.55. The van der Waals surface area contributed by atoms with Crippen LogP contribution in [0.3, 0.4) is 0 Å². The molecule has 2 saturated heterocycles. The first-order chi connectivity index (χ1) is 9.31. The Hall–Kier alpha value is -0.360. The molecule has 0 spiro atoms. The molecule has 0 aromatic rings. The molecule has 6 heteroatoms. The summed E-state index contributed by atoms with van der Waals surface area (Å²) in [5.74, 6) is 0.641. The zero-order valence-corrected chi connectivity index (χ0v) is 13.3. The molecule has 0 aliphatic carbocycles. The van der Waals surface area contributed by atoms with Gasteiger partial charge < -0.3 is 15.0 Å². The Morgan fingerprint density at radius 2 is 1.95 bits per heavy atom. The molecule has 2 aliphatic rings. The van der Waals surface area contributed by atoms with Gasteiger partial charge in [-0.3, -0.25) is 9.69 Å². The molecule has 5 nitrogen and oxygen atoms in total. The molecule has 20 heavy (non-hydrogen) atoms. The van der Waals surface area contributed by atoms with Crippen LogP contribution in [0.1, 0.15) is 19.3 Å². The van der Waals surface area contributed by atoms with Crippen molar-refractivity contribution in [2.45, 2.75) is 19.3 Å². The van der Waals surface area contributed by atoms with E-state index in [0.29, 0.717) is 5.91 Å². The van der Waals surface area contributed by atoms with Crippen molar-refractivity contribution in [1.29, 1.82) is 0 Å². The molecule has 0 bridgehead atoms. The van der Waals surface area contributed by atoms with Crippen LogP contribution in [0.25, 0.3) is 0 Å². The van der Waals surface area contributed by atoms with Crippen molar-refractivity contribution in [3.8, 4) is 0 Å². The van der Waals surface area contributed by atoms with Gasteiger partial charge in [0.2, 0.25) is 5.91 Å². The SMILES string of the molecule is COCCN1CCCN(C(=O)C2CCNCC2)CC1.Cl. The van der Waals surface area contributed by atoms with E-state index in [1.807, 2.05) is 0 Å². The molecule has 0 aromatic carbocycles. The summed E-state index contributed by atoms with van der Waals surface area (Å²) in [7, 11) is 1.74. The minimum atomic E-state index is 0. The Bertz CT molecular complexity index is 286. The number of hydrogen-bond acceptors (Lipinski definition) is 4. The van der Waals surface area contributed by atoms with Crippen LogP contribution in [0.2, 0.25) is 0 Å². The summed E-state index contributed by atoms with van der Waals surface area (Å²) in [6, 6.07) is 0. The molecule has 0 aromatic heterocycles. The third-order valence-electron chi connectivity index (χ3n) is 4.20. The van der Waals surface area contributed by atoms with E-state index in [0.717, 1.165) is 71.7 Å². The van der Waals surface area contributed by atoms with Gasteiger partial charge in [0.05, 0.1) is 6.61 Å². The van der Waals surface area contributed by atoms with Gasteiger partial charge >= 0.3 is 0 Å². The lowest BCUT2D eigenvalue weighted by Gasteiger charge is -2.28. The molecule has 2 rings (SSSR count). The van der Waals surface area contributed by atoms with Crippen LogP contribution in [0, 0.1) is 5.92 Å². The van der Waals surface area contributed by atoms with Gasteiger partial charge in [0.1, 0.15) is 0 Å². The lowest BCUT2D eigenvalue weighted by Crippen LogP contribution is -2.42. The number of halogens is 1. The van der Waals surface area contributed by atoms with Crippen molar-refractivity contribution < 1.29 is 9.53 Å². The number of ether oxygens (including phenoxy) is 1. The van der Waals surface area contributed by atoms with Gasteiger partial charge in [-0.1, -0.05) is 0 Å². The van der Waals surface area contributed by atoms with Crippen molar-refractivity contribution in [3.05, 3.63) is 0 Å². The van der Waals surface area contributed by atoms with Crippen LogP contribution in [-0.4, -0.2) is 75.2 Å². The van der Waals surface area contributed by atoms with Crippen molar-refractivity contribution in [2.24, 2.45) is 5.92 Å². The molecule has 0 unspecified atom stereocenters. The summed E-state index contributed by atoms with van der Waals surface area (Å²) < 4.78 is 5.13. The summed E-state index contributed by atoms with van der Waals surface area (Å²) in [6.07, 6.45) is 3.09. The summed E-state index contributed by atoms with van der Waals surface area (Å²) in [4.78, 5) is 17.0. The van der Waals surface area contributed by atoms with Gasteiger partial charge in [-0.05, 0) is 38.9 Å². The fraction of sp³-hybridized carbons (Fsp3) is 0.929. The maximum absolute atomic E-state index is 12.5. The Labute approximate surface area is 128 Å². The molecule has 118 valence electrons. The molecule has 1 amide bonds. The van der Waals surface area contributed by atoms with E-state index in [-0.39, 0.29) is 18.3 Å². The highest BCUT2D eigenvalue weighted by Crippen LogP contribution is 2.16. The van der Waals surface area contributed by atoms with Gasteiger partial charge in [0, 0.05) is 39.2 Å². The number of carbonyl (C=O) groups excluding carboxylic acids is 1. The number of carbonyl (C=O) groups is 1. The fourth-order valence-corrected chi connectivity index (χ4v) is 2.96. The normalized spacial score (nSPS) is 22.1. The van der Waals surface area contributed by atoms with E-state index in [2.05, 4.69) is 15.1 Å². The average molecular weight is 306 g/mol. The first kappa shape index (κ1) is 17.7. The molecule has 2 heterocycles. The lowest BCUT2D eigenvalue weighted by atomic mass is 9.96. The maximum atomic E-state index is 12.5. The highest BCUT2D eigenvalue weighted by molar-refractivity contribution is 5.85. The largest absolute Gasteiger partial charge is 0.383 e. The first-order valence-electron chi connectivity index (χ1n) is 7.52. The fourth-order valence-electron chi connectivity index (χ4n) is 2.96. The second-order valence-corrected chi connectivity index (χ2v) is 5.54. The van der Waals surface area contributed by atoms with E-state index in [9.17, 15) is 4.79 Å². The molecule has 0 atom stereocenters. The predicted molar refractivity (Wildman–Crippen MR) is 82.4 cm³/mol. The van der Waals surface area contributed by atoms with E-state index in [4.69, 9.17) is 4.74 Å². The van der Waals surface area contributed by atoms with Gasteiger partial charge in [-0.15, -0.1) is 12.4 Å². The monoisotopic (exact) mass is 305 g/mol. The van der Waals surface area contributed by atoms with Gasteiger partial charge in [-0.2, -0.15) is 0 Å². The summed E-state index contributed by atoms with van der Waals surface area (Å²) in [6.45, 7) is 7.61. The molecule has 0 saturated carbocycles. The summed E-state index contributed by atoms with van der Waals surface area (Å²) in [5.41, 5.74) is 0. The predicted octanol–water partition coefficient (Wildman–Crippen LogP) is 0.589. The van der Waals surface area contributed by atoms with Crippen molar-refractivity contribution in [3.63, 3.8) is 0 Å². The van der Waals surface area contributed by atoms with Crippen LogP contribution in [0.15, 0.2) is 0 Å². The van der Waals surface area contributed by atoms with Gasteiger partial charge in [-0.25, -0.2) is 0 Å². The Balaban J connectivity index is 0.00000200. The molecular weight excluding hydrogens is 278 g/mol. The van der Waals surface area contributed by atoms with E-state index < -0.39 is 0 Å². The number of nitrogens with one attached hydrogen (secondary N) is 1. The third kappa shape index (κ3) is 5.20. The Morgan fingerprint density at radius 1 is 1.20 bits per heavy atom. The zero-order chi connectivity index (χ0) is 13.5. The first-order valence-corrected chi connectivity index (χ1v) is 7.52. The number of amides is 1. The number of rotatable bonds is 4. The summed E-state index contributed by atoms with van der Waals surface area (Å²) in [5, 5.41) is 3.32. The molecule has 1 N–H and O–H groups in total. The van der Waals surface area contributed by atoms with E-state index >= 15 is 0 Å². The minimum Gasteiger partial charge on any atom is -0.383 e. The molecule has 0 radical (unpaired) electrons. The third-order valence-corrected chi connectivity index (χ3v) is 4.20. The minimum absolute atomic E-state index is 0. The standard InChI is InChI=1S/C14H27N3O2.ClH/c1-19-12-11-16-7-2-8-17(10-9-16)14(18)13-3-5-15-6-4-13;/h13,15H,2-12H2,1H3;1H. The number of hydrogen-bond donors (Lipinski definition) is 1. The topological polar surface area (TPSA) is 44.8 Å². The van der Waals surface area contributed by atoms with Crippen LogP contribution >= 0.6 is 12.4 Å². The Morgan fingerprint density at radius 3 is 2.65 bits per heavy atom. The van der Waals surface area contributed by atoms with Crippen LogP contribution in [-0.2, 0) is 9.53 Å². The molecular formula is C14H28ClN3O2. The molecule has 2 fully saturated rings. The zero-order valence-electron chi connectivity index (χ0n) is 12.5. The van der Waals surface area contributed by atoms with Crippen molar-refractivity contribution in [1.82, 2.24) is 15.1 Å². The molecule has 2 aliphatic heterocycles. The second-order valence-electron chi connectivity index (χ2n) is 5.54. The van der Waals surface area contributed by atoms with Gasteiger partial charge in [0.25, 0.3) is 0 Å². The number of nitrogens with zero attached hydrogens (tertiary/aromatic N) is 2. The average Bonchev–Trinajstić information content (AvgIpc) is 2.71. The lowest BCUT2D eigenvalue weighted by molar-refractivity contribution is -0.136.